The molecule has 2 N–H and O–H groups in total. The number of rotatable bonds is 4. The lowest BCUT2D eigenvalue weighted by Gasteiger charge is -2.38. The Morgan fingerprint density at radius 2 is 1.50 bits per heavy atom. The number of phenols is 2. The fourth-order valence-electron chi connectivity index (χ4n) is 4.31. The number of methoxy groups -OCH3 is 1. The molecule has 0 aliphatic carbocycles. The molecule has 0 aliphatic heterocycles. The first-order valence-corrected chi connectivity index (χ1v) is 11.4. The molecule has 0 fully saturated rings. The summed E-state index contributed by atoms with van der Waals surface area (Å²) in [6, 6.07) is 6.66. The summed E-state index contributed by atoms with van der Waals surface area (Å²) in [4.78, 5) is 0. The maximum atomic E-state index is 10.4. The Labute approximate surface area is 158 Å². The van der Waals surface area contributed by atoms with E-state index in [2.05, 4.69) is 53.0 Å². The van der Waals surface area contributed by atoms with Crippen LogP contribution in [-0.4, -0.2) is 25.4 Å². The van der Waals surface area contributed by atoms with E-state index in [-0.39, 0.29) is 11.5 Å². The van der Waals surface area contributed by atoms with E-state index in [1.54, 1.807) is 13.2 Å². The monoisotopic (exact) mass is 370 g/mol. The quantitative estimate of drug-likeness (QED) is 0.526. The van der Waals surface area contributed by atoms with Crippen molar-refractivity contribution in [2.75, 3.05) is 7.11 Å². The summed E-state index contributed by atoms with van der Waals surface area (Å²) in [5, 5.41) is 21.6. The van der Waals surface area contributed by atoms with Gasteiger partial charge in [-0.05, 0) is 34.1 Å². The molecule has 4 heteroatoms. The van der Waals surface area contributed by atoms with Crippen molar-refractivity contribution in [3.63, 3.8) is 0 Å². The molecule has 0 atom stereocenters. The van der Waals surface area contributed by atoms with Gasteiger partial charge in [-0.2, -0.15) is 0 Å². The van der Waals surface area contributed by atoms with Crippen LogP contribution >= 0.6 is 0 Å². The molecular formula is C22H30O3Si. The number of fused-ring (bicyclic) bond motifs is 1. The van der Waals surface area contributed by atoms with Crippen LogP contribution in [0.25, 0.3) is 10.8 Å². The number of hydrogen-bond acceptors (Lipinski definition) is 3. The van der Waals surface area contributed by atoms with E-state index < -0.39 is 8.07 Å². The van der Waals surface area contributed by atoms with Gasteiger partial charge in [0.05, 0.1) is 12.7 Å². The maximum absolute atomic E-state index is 10.4. The van der Waals surface area contributed by atoms with Crippen LogP contribution in [-0.2, 0) is 0 Å². The Bertz CT molecular complexity index is 835. The predicted octanol–water partition coefficient (Wildman–Crippen LogP) is 5.83. The number of benzene rings is 2. The lowest BCUT2D eigenvalue weighted by molar-refractivity contribution is 0.413. The van der Waals surface area contributed by atoms with Crippen LogP contribution in [0.3, 0.4) is 0 Å². The highest BCUT2D eigenvalue weighted by atomic mass is 28.3. The van der Waals surface area contributed by atoms with Crippen molar-refractivity contribution >= 4 is 18.8 Å². The number of aromatic hydroxyl groups is 2. The van der Waals surface area contributed by atoms with E-state index in [0.29, 0.717) is 33.3 Å². The van der Waals surface area contributed by atoms with Gasteiger partial charge in [-0.15, -0.1) is 5.54 Å². The average Bonchev–Trinajstić information content (AvgIpc) is 2.53. The third-order valence-corrected chi connectivity index (χ3v) is 11.8. The van der Waals surface area contributed by atoms with Crippen molar-refractivity contribution in [2.45, 2.75) is 58.2 Å². The highest BCUT2D eigenvalue weighted by molar-refractivity contribution is 6.90. The summed E-state index contributed by atoms with van der Waals surface area (Å²) in [5.41, 5.74) is 5.95. The SMILES string of the molecule is COc1ccc2cc(O)cc(O)c2c1C#C[Si](C(C)C)(C(C)C)C(C)C. The Kier molecular flexibility index (Phi) is 5.93. The second-order valence-corrected chi connectivity index (χ2v) is 13.4. The second-order valence-electron chi connectivity index (χ2n) is 7.85. The molecule has 0 aliphatic rings. The fourth-order valence-corrected chi connectivity index (χ4v) is 9.51. The largest absolute Gasteiger partial charge is 0.508 e. The molecule has 2 aromatic carbocycles. The molecule has 3 nitrogen and oxygen atoms in total. The van der Waals surface area contributed by atoms with Crippen LogP contribution in [0.4, 0.5) is 0 Å². The van der Waals surface area contributed by atoms with E-state index in [9.17, 15) is 10.2 Å². The highest BCUT2D eigenvalue weighted by Gasteiger charge is 2.41. The van der Waals surface area contributed by atoms with E-state index >= 15 is 0 Å². The molecule has 0 radical (unpaired) electrons. The average molecular weight is 371 g/mol. The van der Waals surface area contributed by atoms with Crippen molar-refractivity contribution in [1.29, 1.82) is 0 Å². The van der Waals surface area contributed by atoms with Crippen LogP contribution in [0, 0.1) is 11.5 Å². The molecule has 0 spiro atoms. The van der Waals surface area contributed by atoms with Gasteiger partial charge in [0.1, 0.15) is 25.3 Å². The molecule has 2 aromatic rings. The van der Waals surface area contributed by atoms with E-state index in [1.165, 1.54) is 6.07 Å². The Morgan fingerprint density at radius 3 is 2.00 bits per heavy atom. The van der Waals surface area contributed by atoms with Gasteiger partial charge in [0.2, 0.25) is 0 Å². The topological polar surface area (TPSA) is 49.7 Å². The summed E-state index contributed by atoms with van der Waals surface area (Å²) < 4.78 is 5.52. The van der Waals surface area contributed by atoms with Crippen molar-refractivity contribution in [2.24, 2.45) is 0 Å². The van der Waals surface area contributed by atoms with Gasteiger partial charge in [0.15, 0.2) is 0 Å². The normalized spacial score (nSPS) is 11.9. The molecule has 2 rings (SSSR count). The van der Waals surface area contributed by atoms with Gasteiger partial charge < -0.3 is 14.9 Å². The number of phenolic OH excluding ortho intramolecular Hbond substituents is 2. The molecule has 0 aromatic heterocycles. The maximum Gasteiger partial charge on any atom is 0.146 e. The minimum absolute atomic E-state index is 0.0223. The third-order valence-electron chi connectivity index (χ3n) is 5.53. The van der Waals surface area contributed by atoms with Gasteiger partial charge in [-0.25, -0.2) is 0 Å². The third kappa shape index (κ3) is 3.41. The van der Waals surface area contributed by atoms with Crippen LogP contribution < -0.4 is 4.74 Å². The Morgan fingerprint density at radius 1 is 0.923 bits per heavy atom. The molecule has 140 valence electrons. The minimum atomic E-state index is -1.91. The van der Waals surface area contributed by atoms with Crippen LogP contribution in [0.15, 0.2) is 24.3 Å². The second kappa shape index (κ2) is 7.63. The highest BCUT2D eigenvalue weighted by Crippen LogP contribution is 2.42. The lowest BCUT2D eigenvalue weighted by atomic mass is 10.0. The molecule has 0 amide bonds. The predicted molar refractivity (Wildman–Crippen MR) is 112 cm³/mol. The van der Waals surface area contributed by atoms with E-state index in [1.807, 2.05) is 12.1 Å². The summed E-state index contributed by atoms with van der Waals surface area (Å²) in [5.74, 6) is 4.10. The van der Waals surface area contributed by atoms with Crippen molar-refractivity contribution in [3.8, 4) is 28.7 Å². The summed E-state index contributed by atoms with van der Waals surface area (Å²) in [6.07, 6.45) is 0. The Balaban J connectivity index is 2.81. The molecule has 0 saturated carbocycles. The van der Waals surface area contributed by atoms with Gasteiger partial charge in [-0.1, -0.05) is 53.5 Å². The smallest absolute Gasteiger partial charge is 0.146 e. The van der Waals surface area contributed by atoms with Gasteiger partial charge in [-0.3, -0.25) is 0 Å². The zero-order chi connectivity index (χ0) is 19.6. The minimum Gasteiger partial charge on any atom is -0.508 e. The first-order chi connectivity index (χ1) is 12.1. The van der Waals surface area contributed by atoms with Crippen LogP contribution in [0.2, 0.25) is 16.6 Å². The van der Waals surface area contributed by atoms with Gasteiger partial charge in [0.25, 0.3) is 0 Å². The standard InChI is InChI=1S/C22H30O3Si/c1-14(2)26(15(3)4,16(5)6)11-10-19-21(25-7)9-8-17-12-18(23)13-20(24)22(17)19/h8-9,12-16,23-24H,1-7H3. The van der Waals surface area contributed by atoms with E-state index in [4.69, 9.17) is 4.74 Å². The molecule has 0 heterocycles. The first-order valence-electron chi connectivity index (χ1n) is 9.21. The van der Waals surface area contributed by atoms with Gasteiger partial charge in [0, 0.05) is 11.5 Å². The van der Waals surface area contributed by atoms with Gasteiger partial charge >= 0.3 is 0 Å². The van der Waals surface area contributed by atoms with Crippen molar-refractivity contribution in [1.82, 2.24) is 0 Å². The molecular weight excluding hydrogens is 340 g/mol. The number of hydrogen-bond donors (Lipinski definition) is 2. The fraction of sp³-hybridized carbons (Fsp3) is 0.455. The molecule has 0 saturated heterocycles. The van der Waals surface area contributed by atoms with Crippen molar-refractivity contribution < 1.29 is 14.9 Å². The summed E-state index contributed by atoms with van der Waals surface area (Å²) in [6.45, 7) is 13.6. The lowest BCUT2D eigenvalue weighted by Crippen LogP contribution is -2.43. The Hall–Kier alpha value is -2.12. The first kappa shape index (κ1) is 20.2. The van der Waals surface area contributed by atoms with Crippen LogP contribution in [0.1, 0.15) is 47.1 Å². The zero-order valence-electron chi connectivity index (χ0n) is 16.8. The molecule has 0 bridgehead atoms. The summed E-state index contributed by atoms with van der Waals surface area (Å²) in [7, 11) is -0.296. The number of ether oxygens (including phenoxy) is 1. The van der Waals surface area contributed by atoms with Crippen LogP contribution in [0.5, 0.6) is 17.2 Å². The molecule has 26 heavy (non-hydrogen) atoms. The zero-order valence-corrected chi connectivity index (χ0v) is 17.8. The summed E-state index contributed by atoms with van der Waals surface area (Å²) >= 11 is 0. The molecule has 0 unspecified atom stereocenters. The van der Waals surface area contributed by atoms with Crippen molar-refractivity contribution in [3.05, 3.63) is 29.8 Å². The van der Waals surface area contributed by atoms with E-state index in [0.717, 1.165) is 5.39 Å².